The molecule has 0 aromatic carbocycles. The number of hydrogen-bond acceptors (Lipinski definition) is 3. The van der Waals surface area contributed by atoms with E-state index in [4.69, 9.17) is 4.74 Å². The van der Waals surface area contributed by atoms with Crippen molar-refractivity contribution in [3.05, 3.63) is 0 Å². The highest BCUT2D eigenvalue weighted by Crippen LogP contribution is 2.13. The van der Waals surface area contributed by atoms with Crippen LogP contribution in [0.3, 0.4) is 0 Å². The van der Waals surface area contributed by atoms with Crippen molar-refractivity contribution in [3.8, 4) is 0 Å². The summed E-state index contributed by atoms with van der Waals surface area (Å²) in [5.74, 6) is 0.0980. The fourth-order valence-electron chi connectivity index (χ4n) is 2.21. The van der Waals surface area contributed by atoms with Crippen LogP contribution in [0.5, 0.6) is 0 Å². The van der Waals surface area contributed by atoms with E-state index in [1.807, 2.05) is 0 Å². The van der Waals surface area contributed by atoms with Crippen molar-refractivity contribution in [3.63, 3.8) is 0 Å². The molecule has 4 nitrogen and oxygen atoms in total. The van der Waals surface area contributed by atoms with E-state index in [-0.39, 0.29) is 11.8 Å². The summed E-state index contributed by atoms with van der Waals surface area (Å²) < 4.78 is 5.01. The molecule has 20 heavy (non-hydrogen) atoms. The molecule has 1 fully saturated rings. The summed E-state index contributed by atoms with van der Waals surface area (Å²) in [5.41, 5.74) is 0. The van der Waals surface area contributed by atoms with Gasteiger partial charge in [0.15, 0.2) is 5.78 Å². The Morgan fingerprint density at radius 1 is 1.05 bits per heavy atom. The molecule has 1 aliphatic rings. The van der Waals surface area contributed by atoms with Crippen LogP contribution in [-0.2, 0) is 9.53 Å². The summed E-state index contributed by atoms with van der Waals surface area (Å²) in [6.45, 7) is 2.70. The fourth-order valence-corrected chi connectivity index (χ4v) is 2.21. The van der Waals surface area contributed by atoms with Crippen LogP contribution in [-0.4, -0.2) is 24.5 Å². The molecule has 1 atom stereocenters. The monoisotopic (exact) mass is 283 g/mol. The minimum absolute atomic E-state index is 0.0980. The zero-order valence-electron chi connectivity index (χ0n) is 12.8. The van der Waals surface area contributed by atoms with Gasteiger partial charge in [0.2, 0.25) is 0 Å². The first-order valence-corrected chi connectivity index (χ1v) is 8.20. The molecule has 0 saturated heterocycles. The summed E-state index contributed by atoms with van der Waals surface area (Å²) in [7, 11) is 0. The Kier molecular flexibility index (Phi) is 9.09. The summed E-state index contributed by atoms with van der Waals surface area (Å²) in [6.07, 6.45) is 12.7. The molecular formula is C16H29NO3. The molecule has 0 aromatic rings. The van der Waals surface area contributed by atoms with Gasteiger partial charge in [-0.1, -0.05) is 64.7 Å². The van der Waals surface area contributed by atoms with E-state index in [1.165, 1.54) is 51.4 Å². The molecule has 1 amide bonds. The Labute approximate surface area is 122 Å². The van der Waals surface area contributed by atoms with Crippen molar-refractivity contribution < 1.29 is 14.3 Å². The Bertz CT molecular complexity index is 291. The van der Waals surface area contributed by atoms with E-state index in [9.17, 15) is 9.59 Å². The first-order chi connectivity index (χ1) is 9.74. The number of unbranched alkanes of at least 4 members (excludes halogenated alkanes) is 9. The first-order valence-electron chi connectivity index (χ1n) is 8.20. The van der Waals surface area contributed by atoms with E-state index < -0.39 is 6.09 Å². The Morgan fingerprint density at radius 3 is 2.05 bits per heavy atom. The van der Waals surface area contributed by atoms with E-state index in [2.05, 4.69) is 12.2 Å². The Morgan fingerprint density at radius 2 is 1.55 bits per heavy atom. The van der Waals surface area contributed by atoms with Crippen molar-refractivity contribution >= 4 is 11.9 Å². The van der Waals surface area contributed by atoms with Crippen molar-refractivity contribution in [2.45, 2.75) is 83.6 Å². The molecule has 0 aromatic heterocycles. The highest BCUT2D eigenvalue weighted by molar-refractivity contribution is 6.02. The zero-order valence-corrected chi connectivity index (χ0v) is 12.8. The second-order valence-electron chi connectivity index (χ2n) is 5.69. The second kappa shape index (κ2) is 10.7. The van der Waals surface area contributed by atoms with Crippen LogP contribution in [0, 0.1) is 0 Å². The summed E-state index contributed by atoms with van der Waals surface area (Å²) in [5, 5.41) is 2.53. The van der Waals surface area contributed by atoms with Gasteiger partial charge in [0.05, 0.1) is 12.6 Å². The van der Waals surface area contributed by atoms with E-state index in [0.717, 1.165) is 12.8 Å². The summed E-state index contributed by atoms with van der Waals surface area (Å²) >= 11 is 0. The average Bonchev–Trinajstić information content (AvgIpc) is 3.11. The van der Waals surface area contributed by atoms with E-state index in [1.54, 1.807) is 0 Å². The number of ketones is 1. The molecule has 1 saturated carbocycles. The minimum atomic E-state index is -0.447. The lowest BCUT2D eigenvalue weighted by molar-refractivity contribution is -0.110. The maximum atomic E-state index is 11.2. The number of carbonyl (C=O) groups excluding carboxylic acids is 2. The number of hydrogen-bond donors (Lipinski definition) is 1. The van der Waals surface area contributed by atoms with Gasteiger partial charge < -0.3 is 10.1 Å². The van der Waals surface area contributed by atoms with Crippen LogP contribution >= 0.6 is 0 Å². The van der Waals surface area contributed by atoms with Crippen LogP contribution in [0.2, 0.25) is 0 Å². The average molecular weight is 283 g/mol. The van der Waals surface area contributed by atoms with Gasteiger partial charge in [-0.2, -0.15) is 0 Å². The largest absolute Gasteiger partial charge is 0.450 e. The molecule has 0 spiro atoms. The lowest BCUT2D eigenvalue weighted by Crippen LogP contribution is -2.27. The van der Waals surface area contributed by atoms with Crippen LogP contribution in [0.15, 0.2) is 0 Å². The number of ether oxygens (including phenoxy) is 1. The Hall–Kier alpha value is -1.06. The van der Waals surface area contributed by atoms with Gasteiger partial charge in [-0.3, -0.25) is 4.79 Å². The maximum Gasteiger partial charge on any atom is 0.407 e. The van der Waals surface area contributed by atoms with Crippen molar-refractivity contribution in [1.29, 1.82) is 0 Å². The number of Topliss-reactive ketones (excluding diaryl/α,β-unsaturated/α-hetero) is 1. The normalized spacial score (nSPS) is 17.1. The second-order valence-corrected chi connectivity index (χ2v) is 5.69. The van der Waals surface area contributed by atoms with Gasteiger partial charge in [-0.05, 0) is 6.42 Å². The van der Waals surface area contributed by atoms with Gasteiger partial charge in [0.25, 0.3) is 0 Å². The predicted octanol–water partition coefficient (Wildman–Crippen LogP) is 3.97. The number of rotatable bonds is 12. The number of nitrogens with one attached hydrogen (secondary N) is 1. The quantitative estimate of drug-likeness (QED) is 0.551. The summed E-state index contributed by atoms with van der Waals surface area (Å²) in [6, 6.07) is -0.268. The highest BCUT2D eigenvalue weighted by Gasteiger charge is 2.36. The maximum absolute atomic E-state index is 11.2. The van der Waals surface area contributed by atoms with Gasteiger partial charge in [0, 0.05) is 6.42 Å². The smallest absolute Gasteiger partial charge is 0.407 e. The topological polar surface area (TPSA) is 55.4 Å². The van der Waals surface area contributed by atoms with Crippen molar-refractivity contribution in [2.24, 2.45) is 0 Å². The molecule has 0 bridgehead atoms. The van der Waals surface area contributed by atoms with Crippen LogP contribution < -0.4 is 5.32 Å². The molecule has 4 heteroatoms. The lowest BCUT2D eigenvalue weighted by atomic mass is 10.1. The van der Waals surface area contributed by atoms with Crippen LogP contribution in [0.4, 0.5) is 4.79 Å². The van der Waals surface area contributed by atoms with Crippen LogP contribution in [0.1, 0.15) is 77.6 Å². The van der Waals surface area contributed by atoms with Crippen molar-refractivity contribution in [2.75, 3.05) is 6.61 Å². The first kappa shape index (κ1) is 17.0. The molecule has 1 rings (SSSR count). The van der Waals surface area contributed by atoms with Gasteiger partial charge in [-0.15, -0.1) is 0 Å². The van der Waals surface area contributed by atoms with Crippen molar-refractivity contribution in [1.82, 2.24) is 5.32 Å². The van der Waals surface area contributed by atoms with E-state index >= 15 is 0 Å². The standard InChI is InChI=1S/C16H29NO3/c1-2-3-4-5-6-7-8-9-10-11-12-20-16(19)17-14-13-15(14)18/h14H,2-13H2,1H3,(H,17,19). The molecule has 0 aliphatic heterocycles. The third kappa shape index (κ3) is 8.94. The third-order valence-electron chi connectivity index (χ3n) is 3.66. The van der Waals surface area contributed by atoms with Crippen LogP contribution in [0.25, 0.3) is 0 Å². The van der Waals surface area contributed by atoms with Gasteiger partial charge in [0.1, 0.15) is 0 Å². The number of amides is 1. The predicted molar refractivity (Wildman–Crippen MR) is 79.7 cm³/mol. The third-order valence-corrected chi connectivity index (χ3v) is 3.66. The molecule has 1 N–H and O–H groups in total. The molecule has 1 unspecified atom stereocenters. The SMILES string of the molecule is CCCCCCCCCCCCOC(=O)NC1CC1=O. The number of carbonyl (C=O) groups is 2. The minimum Gasteiger partial charge on any atom is -0.450 e. The van der Waals surface area contributed by atoms with E-state index in [0.29, 0.717) is 13.0 Å². The molecule has 116 valence electrons. The lowest BCUT2D eigenvalue weighted by Gasteiger charge is -2.05. The molecule has 1 aliphatic carbocycles. The van der Waals surface area contributed by atoms with Gasteiger partial charge >= 0.3 is 6.09 Å². The number of alkyl carbamates (subject to hydrolysis) is 1. The van der Waals surface area contributed by atoms with Gasteiger partial charge in [-0.25, -0.2) is 4.79 Å². The molecular weight excluding hydrogens is 254 g/mol. The highest BCUT2D eigenvalue weighted by atomic mass is 16.5. The molecule has 0 heterocycles. The fraction of sp³-hybridized carbons (Fsp3) is 0.875. The molecule has 0 radical (unpaired) electrons. The Balaban J connectivity index is 1.74. The zero-order chi connectivity index (χ0) is 14.6. The summed E-state index contributed by atoms with van der Waals surface area (Å²) in [4.78, 5) is 21.9.